The predicted molar refractivity (Wildman–Crippen MR) is 93.0 cm³/mol. The smallest absolute Gasteiger partial charge is 0.341 e. The van der Waals surface area contributed by atoms with Crippen LogP contribution in [0.2, 0.25) is 0 Å². The molecule has 7 heteroatoms. The summed E-state index contributed by atoms with van der Waals surface area (Å²) in [5, 5.41) is 3.98. The third kappa shape index (κ3) is 3.83. The van der Waals surface area contributed by atoms with Crippen LogP contribution in [0, 0.1) is 0 Å². The van der Waals surface area contributed by atoms with Gasteiger partial charge in [-0.1, -0.05) is 29.4 Å². The summed E-state index contributed by atoms with van der Waals surface area (Å²) in [6.45, 7) is 2.47. The topological polar surface area (TPSA) is 83.7 Å². The second-order valence-corrected chi connectivity index (χ2v) is 5.22. The van der Waals surface area contributed by atoms with E-state index >= 15 is 0 Å². The van der Waals surface area contributed by atoms with Crippen molar-refractivity contribution in [1.29, 1.82) is 0 Å². The predicted octanol–water partition coefficient (Wildman–Crippen LogP) is 3.50. The highest BCUT2D eigenvalue weighted by Gasteiger charge is 2.16. The molecule has 0 bridgehead atoms. The Morgan fingerprint density at radius 2 is 1.77 bits per heavy atom. The van der Waals surface area contributed by atoms with Gasteiger partial charge in [0.1, 0.15) is 17.1 Å². The van der Waals surface area contributed by atoms with Gasteiger partial charge in [0.25, 0.3) is 5.89 Å². The Morgan fingerprint density at radius 1 is 1.04 bits per heavy atom. The van der Waals surface area contributed by atoms with E-state index in [1.807, 2.05) is 31.2 Å². The molecule has 26 heavy (non-hydrogen) atoms. The molecule has 0 aliphatic carbocycles. The fourth-order valence-electron chi connectivity index (χ4n) is 2.37. The van der Waals surface area contributed by atoms with E-state index in [1.54, 1.807) is 24.3 Å². The molecule has 0 unspecified atom stereocenters. The van der Waals surface area contributed by atoms with Crippen LogP contribution >= 0.6 is 0 Å². The summed E-state index contributed by atoms with van der Waals surface area (Å²) in [7, 11) is 1.32. The van der Waals surface area contributed by atoms with Crippen LogP contribution in [-0.2, 0) is 11.3 Å². The minimum atomic E-state index is -0.475. The van der Waals surface area contributed by atoms with E-state index < -0.39 is 5.97 Å². The molecular formula is C19H18N2O5. The number of esters is 1. The van der Waals surface area contributed by atoms with Crippen LogP contribution in [0.25, 0.3) is 11.4 Å². The highest BCUT2D eigenvalue weighted by atomic mass is 16.5. The molecule has 1 heterocycles. The van der Waals surface area contributed by atoms with E-state index in [0.717, 1.165) is 5.56 Å². The first-order chi connectivity index (χ1) is 12.7. The van der Waals surface area contributed by atoms with E-state index in [1.165, 1.54) is 7.11 Å². The normalized spacial score (nSPS) is 10.4. The zero-order valence-corrected chi connectivity index (χ0v) is 14.5. The first-order valence-corrected chi connectivity index (χ1v) is 8.07. The van der Waals surface area contributed by atoms with Gasteiger partial charge in [0.05, 0.1) is 19.3 Å². The van der Waals surface area contributed by atoms with E-state index in [9.17, 15) is 4.79 Å². The molecule has 0 saturated carbocycles. The number of methoxy groups -OCH3 is 1. The van der Waals surface area contributed by atoms with E-state index in [4.69, 9.17) is 18.7 Å². The van der Waals surface area contributed by atoms with Crippen LogP contribution in [0.1, 0.15) is 23.2 Å². The van der Waals surface area contributed by atoms with Crippen molar-refractivity contribution in [3.05, 3.63) is 60.0 Å². The summed E-state index contributed by atoms with van der Waals surface area (Å²) in [4.78, 5) is 16.1. The number of nitrogens with zero attached hydrogens (tertiary/aromatic N) is 2. The Hall–Kier alpha value is -3.35. The van der Waals surface area contributed by atoms with Crippen molar-refractivity contribution < 1.29 is 23.5 Å². The second-order valence-electron chi connectivity index (χ2n) is 5.22. The molecular weight excluding hydrogens is 336 g/mol. The lowest BCUT2D eigenvalue weighted by Crippen LogP contribution is -2.05. The maximum atomic E-state index is 11.8. The van der Waals surface area contributed by atoms with Crippen molar-refractivity contribution in [2.45, 2.75) is 13.5 Å². The van der Waals surface area contributed by atoms with E-state index in [-0.39, 0.29) is 12.5 Å². The number of carbonyl (C=O) groups is 1. The maximum Gasteiger partial charge on any atom is 0.341 e. The molecule has 0 fully saturated rings. The highest BCUT2D eigenvalue weighted by molar-refractivity contribution is 5.92. The highest BCUT2D eigenvalue weighted by Crippen LogP contribution is 2.28. The molecule has 0 radical (unpaired) electrons. The zero-order valence-electron chi connectivity index (χ0n) is 14.5. The van der Waals surface area contributed by atoms with Crippen LogP contribution in [0.15, 0.2) is 53.1 Å². The Balaban J connectivity index is 1.76. The van der Waals surface area contributed by atoms with Gasteiger partial charge < -0.3 is 18.7 Å². The molecule has 0 amide bonds. The summed E-state index contributed by atoms with van der Waals surface area (Å²) >= 11 is 0. The number of rotatable bonds is 7. The number of benzene rings is 2. The Kier molecular flexibility index (Phi) is 5.48. The lowest BCUT2D eigenvalue weighted by molar-refractivity contribution is 0.0595. The standard InChI is InChI=1S/C19H18N2O5/c1-3-24-15-10-6-4-8-13(15)18-20-17(26-21-18)12-25-16-11-7-5-9-14(16)19(22)23-2/h4-11H,3,12H2,1-2H3. The Labute approximate surface area is 150 Å². The van der Waals surface area contributed by atoms with Gasteiger partial charge in [-0.25, -0.2) is 4.79 Å². The summed E-state index contributed by atoms with van der Waals surface area (Å²) < 4.78 is 21.2. The molecule has 0 aliphatic rings. The summed E-state index contributed by atoms with van der Waals surface area (Å²) in [5.74, 6) is 1.28. The van der Waals surface area contributed by atoms with Crippen LogP contribution < -0.4 is 9.47 Å². The second kappa shape index (κ2) is 8.15. The third-order valence-electron chi connectivity index (χ3n) is 3.54. The van der Waals surface area contributed by atoms with Crippen molar-refractivity contribution in [3.63, 3.8) is 0 Å². The molecule has 0 N–H and O–H groups in total. The lowest BCUT2D eigenvalue weighted by Gasteiger charge is -2.08. The van der Waals surface area contributed by atoms with Crippen molar-refractivity contribution in [1.82, 2.24) is 10.1 Å². The number of hydrogen-bond acceptors (Lipinski definition) is 7. The number of para-hydroxylation sites is 2. The molecule has 0 saturated heterocycles. The molecule has 134 valence electrons. The quantitative estimate of drug-likeness (QED) is 0.600. The Bertz CT molecular complexity index is 891. The average molecular weight is 354 g/mol. The average Bonchev–Trinajstić information content (AvgIpc) is 3.15. The molecule has 1 aromatic heterocycles. The SMILES string of the molecule is CCOc1ccccc1-c1noc(COc2ccccc2C(=O)OC)n1. The molecule has 3 aromatic rings. The Morgan fingerprint density at radius 3 is 2.54 bits per heavy atom. The van der Waals surface area contributed by atoms with Gasteiger partial charge in [-0.2, -0.15) is 4.98 Å². The van der Waals surface area contributed by atoms with Crippen LogP contribution in [0.5, 0.6) is 11.5 Å². The first-order valence-electron chi connectivity index (χ1n) is 8.07. The van der Waals surface area contributed by atoms with Gasteiger partial charge in [0.2, 0.25) is 5.82 Å². The van der Waals surface area contributed by atoms with Gasteiger partial charge in [0.15, 0.2) is 6.61 Å². The summed E-state index contributed by atoms with van der Waals surface area (Å²) in [6.07, 6.45) is 0. The van der Waals surface area contributed by atoms with Crippen molar-refractivity contribution >= 4 is 5.97 Å². The molecule has 2 aromatic carbocycles. The van der Waals surface area contributed by atoms with Crippen molar-refractivity contribution in [3.8, 4) is 22.9 Å². The van der Waals surface area contributed by atoms with Crippen LogP contribution in [0.3, 0.4) is 0 Å². The number of hydrogen-bond donors (Lipinski definition) is 0. The minimum absolute atomic E-state index is 0.0256. The minimum Gasteiger partial charge on any atom is -0.493 e. The van der Waals surface area contributed by atoms with E-state index in [2.05, 4.69) is 10.1 Å². The molecule has 3 rings (SSSR count). The van der Waals surface area contributed by atoms with Crippen molar-refractivity contribution in [2.24, 2.45) is 0 Å². The molecule has 0 aliphatic heterocycles. The third-order valence-corrected chi connectivity index (χ3v) is 3.54. The largest absolute Gasteiger partial charge is 0.493 e. The number of aromatic nitrogens is 2. The van der Waals surface area contributed by atoms with Gasteiger partial charge in [-0.05, 0) is 31.2 Å². The number of carbonyl (C=O) groups excluding carboxylic acids is 1. The number of ether oxygens (including phenoxy) is 3. The van der Waals surface area contributed by atoms with Crippen molar-refractivity contribution in [2.75, 3.05) is 13.7 Å². The summed E-state index contributed by atoms with van der Waals surface area (Å²) in [6, 6.07) is 14.2. The first kappa shape index (κ1) is 17.5. The van der Waals surface area contributed by atoms with Gasteiger partial charge >= 0.3 is 5.97 Å². The van der Waals surface area contributed by atoms with Gasteiger partial charge in [0, 0.05) is 0 Å². The zero-order chi connectivity index (χ0) is 18.4. The monoisotopic (exact) mass is 354 g/mol. The fraction of sp³-hybridized carbons (Fsp3) is 0.211. The van der Waals surface area contributed by atoms with Crippen LogP contribution in [0.4, 0.5) is 0 Å². The van der Waals surface area contributed by atoms with Gasteiger partial charge in [-0.3, -0.25) is 0 Å². The molecule has 7 nitrogen and oxygen atoms in total. The summed E-state index contributed by atoms with van der Waals surface area (Å²) in [5.41, 5.74) is 1.07. The van der Waals surface area contributed by atoms with Crippen LogP contribution in [-0.4, -0.2) is 29.8 Å². The molecule has 0 spiro atoms. The fourth-order valence-corrected chi connectivity index (χ4v) is 2.37. The lowest BCUT2D eigenvalue weighted by atomic mass is 10.2. The van der Waals surface area contributed by atoms with Gasteiger partial charge in [-0.15, -0.1) is 0 Å². The van der Waals surface area contributed by atoms with E-state index in [0.29, 0.717) is 29.5 Å². The molecule has 0 atom stereocenters. The maximum absolute atomic E-state index is 11.8.